The van der Waals surface area contributed by atoms with E-state index in [1.165, 1.54) is 0 Å². The van der Waals surface area contributed by atoms with E-state index in [2.05, 4.69) is 5.10 Å². The summed E-state index contributed by atoms with van der Waals surface area (Å²) in [5, 5.41) is 15.6. The van der Waals surface area contributed by atoms with Crippen molar-refractivity contribution in [3.63, 3.8) is 0 Å². The van der Waals surface area contributed by atoms with E-state index in [0.717, 1.165) is 23.5 Å². The van der Waals surface area contributed by atoms with Gasteiger partial charge in [0, 0.05) is 18.7 Å². The van der Waals surface area contributed by atoms with Crippen LogP contribution in [0.25, 0.3) is 0 Å². The number of aliphatic hydroxyl groups excluding tert-OH is 1. The van der Waals surface area contributed by atoms with Gasteiger partial charge in [-0.1, -0.05) is 29.3 Å². The smallest absolute Gasteiger partial charge is 0.0845 e. The molecule has 1 aromatic heterocycles. The summed E-state index contributed by atoms with van der Waals surface area (Å²) in [4.78, 5) is 0. The predicted octanol–water partition coefficient (Wildman–Crippen LogP) is 3.79. The Morgan fingerprint density at radius 3 is 2.63 bits per heavy atom. The van der Waals surface area contributed by atoms with Gasteiger partial charge in [-0.2, -0.15) is 5.10 Å². The van der Waals surface area contributed by atoms with Crippen LogP contribution < -0.4 is 0 Å². The van der Waals surface area contributed by atoms with E-state index < -0.39 is 6.10 Å². The molecule has 0 amide bonds. The van der Waals surface area contributed by atoms with Gasteiger partial charge in [0.05, 0.1) is 21.8 Å². The molecule has 0 spiro atoms. The van der Waals surface area contributed by atoms with Gasteiger partial charge in [0.1, 0.15) is 0 Å². The number of benzene rings is 1. The lowest BCUT2D eigenvalue weighted by Gasteiger charge is -2.12. The molecule has 0 radical (unpaired) electrons. The van der Waals surface area contributed by atoms with Gasteiger partial charge >= 0.3 is 0 Å². The number of nitrogens with zero attached hydrogens (tertiary/aromatic N) is 2. The summed E-state index contributed by atoms with van der Waals surface area (Å²) in [5.41, 5.74) is 2.73. The van der Waals surface area contributed by atoms with Crippen molar-refractivity contribution in [1.29, 1.82) is 0 Å². The predicted molar refractivity (Wildman–Crippen MR) is 77.8 cm³/mol. The van der Waals surface area contributed by atoms with Gasteiger partial charge in [-0.05, 0) is 37.6 Å². The highest BCUT2D eigenvalue weighted by Gasteiger charge is 2.13. The molecule has 0 saturated heterocycles. The van der Waals surface area contributed by atoms with E-state index in [-0.39, 0.29) is 0 Å². The summed E-state index contributed by atoms with van der Waals surface area (Å²) in [5.74, 6) is 0. The summed E-state index contributed by atoms with van der Waals surface area (Å²) in [7, 11) is 0. The molecule has 0 saturated carbocycles. The lowest BCUT2D eigenvalue weighted by Crippen LogP contribution is -2.08. The van der Waals surface area contributed by atoms with Crippen LogP contribution in [-0.4, -0.2) is 14.9 Å². The van der Waals surface area contributed by atoms with Crippen LogP contribution >= 0.6 is 23.2 Å². The Balaban J connectivity index is 2.20. The van der Waals surface area contributed by atoms with Crippen molar-refractivity contribution in [3.05, 3.63) is 51.3 Å². The highest BCUT2D eigenvalue weighted by Crippen LogP contribution is 2.27. The SMILES string of the molecule is CCn1nc(C)cc1CC(O)c1ccc(Cl)c(Cl)c1. The molecule has 1 unspecified atom stereocenters. The second-order valence-corrected chi connectivity index (χ2v) is 5.30. The first-order chi connectivity index (χ1) is 9.01. The number of aryl methyl sites for hydroxylation is 2. The van der Waals surface area contributed by atoms with E-state index in [1.54, 1.807) is 18.2 Å². The molecule has 0 bridgehead atoms. The van der Waals surface area contributed by atoms with Crippen molar-refractivity contribution >= 4 is 23.2 Å². The van der Waals surface area contributed by atoms with Crippen molar-refractivity contribution in [2.75, 3.05) is 0 Å². The second kappa shape index (κ2) is 5.95. The maximum absolute atomic E-state index is 10.3. The molecule has 1 heterocycles. The van der Waals surface area contributed by atoms with Gasteiger partial charge in [0.25, 0.3) is 0 Å². The Labute approximate surface area is 122 Å². The van der Waals surface area contributed by atoms with Crippen LogP contribution in [0.15, 0.2) is 24.3 Å². The minimum absolute atomic E-state index is 0.457. The highest BCUT2D eigenvalue weighted by atomic mass is 35.5. The van der Waals surface area contributed by atoms with Gasteiger partial charge in [-0.15, -0.1) is 0 Å². The molecule has 1 atom stereocenters. The van der Waals surface area contributed by atoms with Gasteiger partial charge in [-0.3, -0.25) is 4.68 Å². The summed E-state index contributed by atoms with van der Waals surface area (Å²) >= 11 is 11.8. The fourth-order valence-corrected chi connectivity index (χ4v) is 2.38. The number of rotatable bonds is 4. The molecule has 5 heteroatoms. The molecular formula is C14H16Cl2N2O. The third-order valence-electron chi connectivity index (χ3n) is 3.02. The van der Waals surface area contributed by atoms with E-state index in [1.807, 2.05) is 24.6 Å². The van der Waals surface area contributed by atoms with Gasteiger partial charge in [0.2, 0.25) is 0 Å². The van der Waals surface area contributed by atoms with Crippen LogP contribution in [0.5, 0.6) is 0 Å². The molecule has 2 aromatic rings. The molecule has 102 valence electrons. The maximum atomic E-state index is 10.3. The maximum Gasteiger partial charge on any atom is 0.0845 e. The first kappa shape index (κ1) is 14.4. The third kappa shape index (κ3) is 3.30. The Morgan fingerprint density at radius 1 is 1.26 bits per heavy atom. The van der Waals surface area contributed by atoms with Gasteiger partial charge in [-0.25, -0.2) is 0 Å². The van der Waals surface area contributed by atoms with Crippen LogP contribution in [0.4, 0.5) is 0 Å². The standard InChI is InChI=1S/C14H16Cl2N2O/c1-3-18-11(6-9(2)17-18)8-14(19)10-4-5-12(15)13(16)7-10/h4-7,14,19H,3,8H2,1-2H3. The highest BCUT2D eigenvalue weighted by molar-refractivity contribution is 6.42. The first-order valence-electron chi connectivity index (χ1n) is 6.17. The normalized spacial score (nSPS) is 12.7. The molecule has 0 aliphatic heterocycles. The average molecular weight is 299 g/mol. The summed E-state index contributed by atoms with van der Waals surface area (Å²) < 4.78 is 1.90. The topological polar surface area (TPSA) is 38.0 Å². The molecule has 0 aliphatic rings. The lowest BCUT2D eigenvalue weighted by atomic mass is 10.0. The first-order valence-corrected chi connectivity index (χ1v) is 6.93. The molecule has 0 fully saturated rings. The monoisotopic (exact) mass is 298 g/mol. The number of hydrogen-bond donors (Lipinski definition) is 1. The van der Waals surface area contributed by atoms with Crippen LogP contribution in [0.3, 0.4) is 0 Å². The van der Waals surface area contributed by atoms with Crippen molar-refractivity contribution in [3.8, 4) is 0 Å². The number of aromatic nitrogens is 2. The van der Waals surface area contributed by atoms with Gasteiger partial charge < -0.3 is 5.11 Å². The summed E-state index contributed by atoms with van der Waals surface area (Å²) in [6, 6.07) is 7.18. The largest absolute Gasteiger partial charge is 0.388 e. The van der Waals surface area contributed by atoms with E-state index in [0.29, 0.717) is 16.5 Å². The third-order valence-corrected chi connectivity index (χ3v) is 3.75. The zero-order valence-electron chi connectivity index (χ0n) is 10.9. The van der Waals surface area contributed by atoms with Crippen LogP contribution in [0.1, 0.15) is 30.0 Å². The molecule has 2 rings (SSSR count). The van der Waals surface area contributed by atoms with E-state index in [9.17, 15) is 5.11 Å². The Kier molecular flexibility index (Phi) is 4.50. The van der Waals surface area contributed by atoms with Crippen LogP contribution in [0.2, 0.25) is 10.0 Å². The molecule has 19 heavy (non-hydrogen) atoms. The zero-order valence-corrected chi connectivity index (χ0v) is 12.4. The van der Waals surface area contributed by atoms with Crippen molar-refractivity contribution < 1.29 is 5.11 Å². The number of hydrogen-bond acceptors (Lipinski definition) is 2. The second-order valence-electron chi connectivity index (χ2n) is 4.49. The van der Waals surface area contributed by atoms with Gasteiger partial charge in [0.15, 0.2) is 0 Å². The summed E-state index contributed by atoms with van der Waals surface area (Å²) in [6.45, 7) is 4.76. The van der Waals surface area contributed by atoms with Crippen LogP contribution in [0, 0.1) is 6.92 Å². The van der Waals surface area contributed by atoms with E-state index >= 15 is 0 Å². The quantitative estimate of drug-likeness (QED) is 0.932. The molecule has 0 aliphatic carbocycles. The summed E-state index contributed by atoms with van der Waals surface area (Å²) in [6.07, 6.45) is -0.108. The minimum atomic E-state index is -0.615. The molecular weight excluding hydrogens is 283 g/mol. The fraction of sp³-hybridized carbons (Fsp3) is 0.357. The van der Waals surface area contributed by atoms with Crippen molar-refractivity contribution in [2.24, 2.45) is 0 Å². The lowest BCUT2D eigenvalue weighted by molar-refractivity contribution is 0.175. The van der Waals surface area contributed by atoms with E-state index in [4.69, 9.17) is 23.2 Å². The Bertz CT molecular complexity index is 581. The Morgan fingerprint density at radius 2 is 2.00 bits per heavy atom. The Hall–Kier alpha value is -1.03. The van der Waals surface area contributed by atoms with Crippen molar-refractivity contribution in [2.45, 2.75) is 32.9 Å². The number of halogens is 2. The fourth-order valence-electron chi connectivity index (χ4n) is 2.07. The van der Waals surface area contributed by atoms with Crippen molar-refractivity contribution in [1.82, 2.24) is 9.78 Å². The molecule has 3 nitrogen and oxygen atoms in total. The molecule has 1 aromatic carbocycles. The average Bonchev–Trinajstić information content (AvgIpc) is 2.72. The van der Waals surface area contributed by atoms with Crippen LogP contribution in [-0.2, 0) is 13.0 Å². The number of aliphatic hydroxyl groups is 1. The zero-order chi connectivity index (χ0) is 14.0. The minimum Gasteiger partial charge on any atom is -0.388 e. The molecule has 1 N–H and O–H groups in total.